The molecule has 0 radical (unpaired) electrons. The van der Waals surface area contributed by atoms with Gasteiger partial charge in [-0.1, -0.05) is 48.2 Å². The summed E-state index contributed by atoms with van der Waals surface area (Å²) >= 11 is 2.91. The highest BCUT2D eigenvalue weighted by Gasteiger charge is 2.14. The van der Waals surface area contributed by atoms with Crippen molar-refractivity contribution in [2.24, 2.45) is 7.05 Å². The fourth-order valence-corrected chi connectivity index (χ4v) is 5.38. The average molecular weight is 447 g/mol. The highest BCUT2D eigenvalue weighted by molar-refractivity contribution is 7.98. The molecule has 0 spiro atoms. The first-order chi connectivity index (χ1) is 15.0. The van der Waals surface area contributed by atoms with Crippen LogP contribution in [0, 0.1) is 6.92 Å². The van der Waals surface area contributed by atoms with Gasteiger partial charge in [-0.25, -0.2) is 9.97 Å². The summed E-state index contributed by atoms with van der Waals surface area (Å²) in [5, 5.41) is 1.22. The molecule has 8 heteroatoms. The quantitative estimate of drug-likeness (QED) is 0.305. The summed E-state index contributed by atoms with van der Waals surface area (Å²) in [4.78, 5) is 36.5. The van der Waals surface area contributed by atoms with Crippen molar-refractivity contribution in [3.05, 3.63) is 92.8 Å². The smallest absolute Gasteiger partial charge is 0.262 e. The zero-order chi connectivity index (χ0) is 21.5. The standard InChI is InChI=1S/C23H18N4O2S2/c1-14-7-6-10-27-19(28)11-16(24-20(14)27)13-30-23-25-21-17(22(29)26(23)2)12-18(31-21)15-8-4-3-5-9-15/h3-12H,13H2,1-2H3. The lowest BCUT2D eigenvalue weighted by Gasteiger charge is -2.08. The molecule has 4 heterocycles. The molecule has 0 bridgehead atoms. The second-order valence-electron chi connectivity index (χ2n) is 7.21. The van der Waals surface area contributed by atoms with Crippen LogP contribution in [0.25, 0.3) is 26.3 Å². The van der Waals surface area contributed by atoms with Gasteiger partial charge in [0.25, 0.3) is 11.1 Å². The summed E-state index contributed by atoms with van der Waals surface area (Å²) in [7, 11) is 1.73. The van der Waals surface area contributed by atoms with Gasteiger partial charge in [-0.2, -0.15) is 0 Å². The number of thiophene rings is 1. The van der Waals surface area contributed by atoms with Crippen LogP contribution in [-0.2, 0) is 12.8 Å². The van der Waals surface area contributed by atoms with E-state index in [1.807, 2.05) is 55.5 Å². The topological polar surface area (TPSA) is 69.3 Å². The highest BCUT2D eigenvalue weighted by Crippen LogP contribution is 2.32. The third kappa shape index (κ3) is 3.58. The molecule has 0 saturated carbocycles. The van der Waals surface area contributed by atoms with E-state index in [2.05, 4.69) is 4.98 Å². The third-order valence-electron chi connectivity index (χ3n) is 5.08. The van der Waals surface area contributed by atoms with E-state index in [9.17, 15) is 9.59 Å². The number of aromatic nitrogens is 4. The molecule has 0 aliphatic rings. The number of pyridine rings is 1. The van der Waals surface area contributed by atoms with Gasteiger partial charge in [0, 0.05) is 29.9 Å². The van der Waals surface area contributed by atoms with Gasteiger partial charge in [0.15, 0.2) is 5.16 Å². The van der Waals surface area contributed by atoms with Crippen molar-refractivity contribution in [2.75, 3.05) is 0 Å². The molecule has 0 aliphatic carbocycles. The molecule has 0 saturated heterocycles. The lowest BCUT2D eigenvalue weighted by Crippen LogP contribution is -2.19. The maximum Gasteiger partial charge on any atom is 0.262 e. The minimum absolute atomic E-state index is 0.0756. The molecule has 31 heavy (non-hydrogen) atoms. The fourth-order valence-electron chi connectivity index (χ4n) is 3.44. The van der Waals surface area contributed by atoms with Crippen LogP contribution in [-0.4, -0.2) is 18.9 Å². The molecule has 4 aromatic heterocycles. The maximum absolute atomic E-state index is 12.9. The predicted molar refractivity (Wildman–Crippen MR) is 126 cm³/mol. The van der Waals surface area contributed by atoms with Gasteiger partial charge in [0.05, 0.1) is 11.1 Å². The molecule has 5 rings (SSSR count). The summed E-state index contributed by atoms with van der Waals surface area (Å²) < 4.78 is 3.11. The number of hydrogen-bond acceptors (Lipinski definition) is 6. The lowest BCUT2D eigenvalue weighted by atomic mass is 10.2. The van der Waals surface area contributed by atoms with Gasteiger partial charge in [0.1, 0.15) is 10.5 Å². The Hall–Kier alpha value is -3.23. The zero-order valence-corrected chi connectivity index (χ0v) is 18.5. The normalized spacial score (nSPS) is 11.4. The number of rotatable bonds is 4. The van der Waals surface area contributed by atoms with E-state index >= 15 is 0 Å². The number of nitrogens with zero attached hydrogens (tertiary/aromatic N) is 4. The monoisotopic (exact) mass is 446 g/mol. The maximum atomic E-state index is 12.9. The van der Waals surface area contributed by atoms with Crippen molar-refractivity contribution < 1.29 is 0 Å². The van der Waals surface area contributed by atoms with Crippen LogP contribution < -0.4 is 11.1 Å². The van der Waals surface area contributed by atoms with Gasteiger partial charge in [0.2, 0.25) is 0 Å². The number of fused-ring (bicyclic) bond motifs is 2. The van der Waals surface area contributed by atoms with Crippen LogP contribution in [0.4, 0.5) is 0 Å². The fraction of sp³-hybridized carbons (Fsp3) is 0.130. The van der Waals surface area contributed by atoms with Crippen LogP contribution in [0.15, 0.2) is 75.5 Å². The predicted octanol–water partition coefficient (Wildman–Crippen LogP) is 4.27. The first-order valence-corrected chi connectivity index (χ1v) is 11.5. The minimum Gasteiger partial charge on any atom is -0.290 e. The Morgan fingerprint density at radius 3 is 2.65 bits per heavy atom. The molecule has 0 aliphatic heterocycles. The van der Waals surface area contributed by atoms with Crippen molar-refractivity contribution in [2.45, 2.75) is 17.8 Å². The molecule has 0 atom stereocenters. The summed E-state index contributed by atoms with van der Waals surface area (Å²) in [6.45, 7) is 1.93. The second kappa shape index (κ2) is 7.79. The molecule has 154 valence electrons. The molecule has 0 fully saturated rings. The summed E-state index contributed by atoms with van der Waals surface area (Å²) in [6, 6.07) is 17.2. The second-order valence-corrected chi connectivity index (χ2v) is 9.19. The van der Waals surface area contributed by atoms with Crippen LogP contribution in [0.3, 0.4) is 0 Å². The lowest BCUT2D eigenvalue weighted by molar-refractivity contribution is 0.727. The average Bonchev–Trinajstić information content (AvgIpc) is 3.21. The number of aryl methyl sites for hydroxylation is 1. The van der Waals surface area contributed by atoms with Gasteiger partial charge < -0.3 is 0 Å². The highest BCUT2D eigenvalue weighted by atomic mass is 32.2. The van der Waals surface area contributed by atoms with Crippen LogP contribution >= 0.6 is 23.1 Å². The van der Waals surface area contributed by atoms with Gasteiger partial charge in [-0.05, 0) is 30.2 Å². The van der Waals surface area contributed by atoms with E-state index in [4.69, 9.17) is 4.98 Å². The molecular formula is C23H18N4O2S2. The van der Waals surface area contributed by atoms with Crippen molar-refractivity contribution >= 4 is 39.0 Å². The molecule has 1 aromatic carbocycles. The SMILES string of the molecule is Cc1cccn2c(=O)cc(CSc3nc4sc(-c5ccccc5)cc4c(=O)n3C)nc12. The van der Waals surface area contributed by atoms with E-state index in [1.54, 1.807) is 22.2 Å². The van der Waals surface area contributed by atoms with Crippen LogP contribution in [0.5, 0.6) is 0 Å². The van der Waals surface area contributed by atoms with E-state index in [-0.39, 0.29) is 11.1 Å². The van der Waals surface area contributed by atoms with Crippen LogP contribution in [0.2, 0.25) is 0 Å². The Balaban J connectivity index is 1.50. The molecule has 0 amide bonds. The Labute approximate surface area is 185 Å². The largest absolute Gasteiger partial charge is 0.290 e. The van der Waals surface area contributed by atoms with Crippen molar-refractivity contribution in [3.63, 3.8) is 0 Å². The first kappa shape index (κ1) is 19.7. The van der Waals surface area contributed by atoms with Gasteiger partial charge in [-0.15, -0.1) is 11.3 Å². The van der Waals surface area contributed by atoms with E-state index in [0.717, 1.165) is 16.0 Å². The molecule has 0 N–H and O–H groups in total. The van der Waals surface area contributed by atoms with E-state index in [1.165, 1.54) is 29.2 Å². The summed E-state index contributed by atoms with van der Waals surface area (Å²) in [5.41, 5.74) is 3.12. The van der Waals surface area contributed by atoms with Crippen molar-refractivity contribution in [1.82, 2.24) is 18.9 Å². The number of thioether (sulfide) groups is 1. The Morgan fingerprint density at radius 1 is 1.03 bits per heavy atom. The molecule has 5 aromatic rings. The van der Waals surface area contributed by atoms with E-state index in [0.29, 0.717) is 32.5 Å². The number of hydrogen-bond donors (Lipinski definition) is 0. The number of benzene rings is 1. The Morgan fingerprint density at radius 2 is 1.84 bits per heavy atom. The van der Waals surface area contributed by atoms with Crippen molar-refractivity contribution in [3.8, 4) is 10.4 Å². The van der Waals surface area contributed by atoms with Crippen molar-refractivity contribution in [1.29, 1.82) is 0 Å². The van der Waals surface area contributed by atoms with Crippen LogP contribution in [0.1, 0.15) is 11.3 Å². The summed E-state index contributed by atoms with van der Waals surface area (Å²) in [5.74, 6) is 0.447. The van der Waals surface area contributed by atoms with E-state index < -0.39 is 0 Å². The first-order valence-electron chi connectivity index (χ1n) is 9.68. The third-order valence-corrected chi connectivity index (χ3v) is 7.22. The Bertz CT molecular complexity index is 1550. The van der Waals surface area contributed by atoms with Gasteiger partial charge >= 0.3 is 0 Å². The Kier molecular flexibility index (Phi) is 4.95. The molecule has 6 nitrogen and oxygen atoms in total. The minimum atomic E-state index is -0.118. The summed E-state index contributed by atoms with van der Waals surface area (Å²) in [6.07, 6.45) is 1.72. The molecular weight excluding hydrogens is 428 g/mol. The van der Waals surface area contributed by atoms with Gasteiger partial charge in [-0.3, -0.25) is 18.6 Å². The zero-order valence-electron chi connectivity index (χ0n) is 16.9. The molecule has 0 unspecified atom stereocenters.